The highest BCUT2D eigenvalue weighted by Crippen LogP contribution is 2.22. The quantitative estimate of drug-likeness (QED) is 0.628. The van der Waals surface area contributed by atoms with Crippen molar-refractivity contribution in [3.63, 3.8) is 0 Å². The number of carbonyl (C=O) groups is 1. The molecule has 0 saturated carbocycles. The van der Waals surface area contributed by atoms with Crippen LogP contribution in [0.1, 0.15) is 17.3 Å². The largest absolute Gasteiger partial charge is 0.462 e. The van der Waals surface area contributed by atoms with E-state index in [9.17, 15) is 9.59 Å². The Labute approximate surface area is 96.8 Å². The van der Waals surface area contributed by atoms with Gasteiger partial charge in [-0.3, -0.25) is 0 Å². The van der Waals surface area contributed by atoms with E-state index in [0.717, 1.165) is 0 Å². The number of nitrogen functional groups attached to an aromatic ring is 1. The number of fused-ring (bicyclic) bond motifs is 1. The fraction of sp³-hybridized carbons (Fsp3) is 0.167. The number of ether oxygens (including phenoxy) is 1. The molecule has 0 aliphatic carbocycles. The van der Waals surface area contributed by atoms with E-state index in [1.54, 1.807) is 31.2 Å². The summed E-state index contributed by atoms with van der Waals surface area (Å²) in [5.74, 6) is -0.760. The zero-order valence-electron chi connectivity index (χ0n) is 9.23. The highest BCUT2D eigenvalue weighted by Gasteiger charge is 2.19. The monoisotopic (exact) mass is 233 g/mol. The summed E-state index contributed by atoms with van der Waals surface area (Å²) in [6.07, 6.45) is 0. The van der Waals surface area contributed by atoms with Gasteiger partial charge < -0.3 is 14.9 Å². The molecule has 0 saturated heterocycles. The number of carbonyl (C=O) groups excluding carboxylic acids is 1. The molecule has 0 radical (unpaired) electrons. The molecular weight excluding hydrogens is 222 g/mol. The van der Waals surface area contributed by atoms with Crippen LogP contribution >= 0.6 is 0 Å². The van der Waals surface area contributed by atoms with Gasteiger partial charge in [-0.2, -0.15) is 0 Å². The van der Waals surface area contributed by atoms with Gasteiger partial charge in [0.05, 0.1) is 12.3 Å². The smallest absolute Gasteiger partial charge is 0.353 e. The van der Waals surface area contributed by atoms with Crippen LogP contribution in [0.15, 0.2) is 33.5 Å². The predicted octanol–water partition coefficient (Wildman–Crippen LogP) is 1.55. The molecule has 88 valence electrons. The molecule has 5 nitrogen and oxygen atoms in total. The molecule has 0 fully saturated rings. The van der Waals surface area contributed by atoms with Crippen LogP contribution in [0.3, 0.4) is 0 Å². The van der Waals surface area contributed by atoms with Gasteiger partial charge in [0.25, 0.3) is 0 Å². The first-order valence-corrected chi connectivity index (χ1v) is 5.13. The number of esters is 1. The zero-order valence-corrected chi connectivity index (χ0v) is 9.23. The Morgan fingerprint density at radius 2 is 2.12 bits per heavy atom. The van der Waals surface area contributed by atoms with Crippen LogP contribution in [0.4, 0.5) is 5.69 Å². The van der Waals surface area contributed by atoms with Gasteiger partial charge in [0.2, 0.25) is 0 Å². The van der Waals surface area contributed by atoms with Crippen LogP contribution in [0, 0.1) is 0 Å². The maximum absolute atomic E-state index is 11.6. The number of anilines is 1. The van der Waals surface area contributed by atoms with E-state index >= 15 is 0 Å². The minimum absolute atomic E-state index is 0.0929. The van der Waals surface area contributed by atoms with Crippen LogP contribution in [0.2, 0.25) is 0 Å². The van der Waals surface area contributed by atoms with E-state index in [1.807, 2.05) is 0 Å². The molecule has 0 spiro atoms. The first kappa shape index (κ1) is 11.2. The Morgan fingerprint density at radius 1 is 1.41 bits per heavy atom. The summed E-state index contributed by atoms with van der Waals surface area (Å²) in [5.41, 5.74) is 5.21. The van der Waals surface area contributed by atoms with Gasteiger partial charge in [0, 0.05) is 5.39 Å². The topological polar surface area (TPSA) is 82.5 Å². The minimum atomic E-state index is -0.778. The Kier molecular flexibility index (Phi) is 2.82. The number of hydrogen-bond donors (Lipinski definition) is 1. The Balaban J connectivity index is 2.72. The number of benzene rings is 1. The van der Waals surface area contributed by atoms with E-state index < -0.39 is 11.6 Å². The maximum Gasteiger partial charge on any atom is 0.353 e. The molecule has 0 unspecified atom stereocenters. The summed E-state index contributed by atoms with van der Waals surface area (Å²) < 4.78 is 9.76. The molecule has 0 amide bonds. The minimum Gasteiger partial charge on any atom is -0.462 e. The fourth-order valence-electron chi connectivity index (χ4n) is 1.57. The van der Waals surface area contributed by atoms with Crippen LogP contribution in [0.5, 0.6) is 0 Å². The van der Waals surface area contributed by atoms with E-state index in [4.69, 9.17) is 14.9 Å². The van der Waals surface area contributed by atoms with Crippen molar-refractivity contribution >= 4 is 22.6 Å². The molecular formula is C12H11NO4. The first-order valence-electron chi connectivity index (χ1n) is 5.13. The standard InChI is InChI=1S/C12H11NO4/c1-2-16-11(14)9-10(13)7-5-3-4-6-8(7)17-12(9)15/h3-6H,2,13H2,1H3. The van der Waals surface area contributed by atoms with E-state index in [0.29, 0.717) is 11.0 Å². The van der Waals surface area contributed by atoms with Gasteiger partial charge in [0.1, 0.15) is 5.58 Å². The van der Waals surface area contributed by atoms with Crippen molar-refractivity contribution < 1.29 is 13.9 Å². The average molecular weight is 233 g/mol. The van der Waals surface area contributed by atoms with E-state index in [1.165, 1.54) is 0 Å². The van der Waals surface area contributed by atoms with E-state index in [2.05, 4.69) is 0 Å². The van der Waals surface area contributed by atoms with Crippen molar-refractivity contribution in [2.24, 2.45) is 0 Å². The SMILES string of the molecule is CCOC(=O)c1c(N)c2ccccc2oc1=O. The Bertz CT molecular complexity index is 630. The van der Waals surface area contributed by atoms with Gasteiger partial charge in [-0.05, 0) is 19.1 Å². The molecule has 0 bridgehead atoms. The average Bonchev–Trinajstić information content (AvgIpc) is 2.29. The molecule has 2 aromatic rings. The Morgan fingerprint density at radius 3 is 2.82 bits per heavy atom. The lowest BCUT2D eigenvalue weighted by molar-refractivity contribution is 0.0523. The van der Waals surface area contributed by atoms with E-state index in [-0.39, 0.29) is 17.9 Å². The Hall–Kier alpha value is -2.30. The summed E-state index contributed by atoms with van der Waals surface area (Å²) in [6.45, 7) is 1.82. The molecule has 1 heterocycles. The molecule has 2 N–H and O–H groups in total. The molecule has 17 heavy (non-hydrogen) atoms. The number of hydrogen-bond acceptors (Lipinski definition) is 5. The number of rotatable bonds is 2. The van der Waals surface area contributed by atoms with Gasteiger partial charge in [-0.1, -0.05) is 12.1 Å². The number of para-hydroxylation sites is 1. The second-order valence-corrected chi connectivity index (χ2v) is 3.39. The van der Waals surface area contributed by atoms with Crippen molar-refractivity contribution in [3.05, 3.63) is 40.2 Å². The third-order valence-corrected chi connectivity index (χ3v) is 2.33. The van der Waals surface area contributed by atoms with Crippen molar-refractivity contribution in [2.75, 3.05) is 12.3 Å². The van der Waals surface area contributed by atoms with Crippen LogP contribution < -0.4 is 11.4 Å². The van der Waals surface area contributed by atoms with Crippen molar-refractivity contribution in [3.8, 4) is 0 Å². The molecule has 1 aromatic heterocycles. The lowest BCUT2D eigenvalue weighted by Gasteiger charge is -2.06. The summed E-state index contributed by atoms with van der Waals surface area (Å²) in [4.78, 5) is 23.2. The third kappa shape index (κ3) is 1.87. The molecule has 0 aliphatic heterocycles. The first-order chi connectivity index (χ1) is 8.15. The molecule has 0 aliphatic rings. The van der Waals surface area contributed by atoms with Gasteiger partial charge in [0.15, 0.2) is 5.56 Å². The van der Waals surface area contributed by atoms with Crippen LogP contribution in [-0.4, -0.2) is 12.6 Å². The normalized spacial score (nSPS) is 10.4. The summed E-state index contributed by atoms with van der Waals surface area (Å²) in [7, 11) is 0. The van der Waals surface area contributed by atoms with Crippen molar-refractivity contribution in [1.29, 1.82) is 0 Å². The molecule has 1 aromatic carbocycles. The highest BCUT2D eigenvalue weighted by molar-refractivity contribution is 6.02. The lowest BCUT2D eigenvalue weighted by atomic mass is 10.1. The predicted molar refractivity (Wildman–Crippen MR) is 62.9 cm³/mol. The fourth-order valence-corrected chi connectivity index (χ4v) is 1.57. The molecule has 5 heteroatoms. The third-order valence-electron chi connectivity index (χ3n) is 2.33. The van der Waals surface area contributed by atoms with Crippen LogP contribution in [-0.2, 0) is 4.74 Å². The van der Waals surface area contributed by atoms with Gasteiger partial charge >= 0.3 is 11.6 Å². The van der Waals surface area contributed by atoms with Crippen molar-refractivity contribution in [1.82, 2.24) is 0 Å². The molecule has 0 atom stereocenters. The second-order valence-electron chi connectivity index (χ2n) is 3.39. The zero-order chi connectivity index (χ0) is 12.4. The van der Waals surface area contributed by atoms with Gasteiger partial charge in [-0.25, -0.2) is 9.59 Å². The van der Waals surface area contributed by atoms with Crippen LogP contribution in [0.25, 0.3) is 11.0 Å². The summed E-state index contributed by atoms with van der Waals surface area (Å²) in [5, 5.41) is 0.523. The highest BCUT2D eigenvalue weighted by atomic mass is 16.5. The lowest BCUT2D eigenvalue weighted by Crippen LogP contribution is -2.19. The molecule has 2 rings (SSSR count). The maximum atomic E-state index is 11.6. The summed E-state index contributed by atoms with van der Waals surface area (Å²) in [6, 6.07) is 6.75. The second kappa shape index (κ2) is 4.29. The summed E-state index contributed by atoms with van der Waals surface area (Å²) >= 11 is 0. The van der Waals surface area contributed by atoms with Crippen molar-refractivity contribution in [2.45, 2.75) is 6.92 Å². The number of nitrogens with two attached hydrogens (primary N) is 1. The van der Waals surface area contributed by atoms with Gasteiger partial charge in [-0.15, -0.1) is 0 Å².